The van der Waals surface area contributed by atoms with Crippen molar-refractivity contribution in [1.29, 1.82) is 0 Å². The Morgan fingerprint density at radius 1 is 0.867 bits per heavy atom. The molecule has 0 spiro atoms. The fraction of sp³-hybridized carbons (Fsp3) is 0.257. The Kier molecular flexibility index (Phi) is 11.3. The van der Waals surface area contributed by atoms with Gasteiger partial charge in [-0.05, 0) is 62.2 Å². The number of aryl methyl sites for hydroxylation is 1. The van der Waals surface area contributed by atoms with Gasteiger partial charge in [0.15, 0.2) is 0 Å². The summed E-state index contributed by atoms with van der Waals surface area (Å²) in [7, 11) is -2.78. The maximum Gasteiger partial charge on any atom is 0.264 e. The van der Waals surface area contributed by atoms with E-state index in [1.165, 1.54) is 36.3 Å². The summed E-state index contributed by atoms with van der Waals surface area (Å²) < 4.78 is 34.5. The normalized spacial score (nSPS) is 12.0. The Morgan fingerprint density at radius 3 is 2.11 bits per heavy atom. The molecule has 45 heavy (non-hydrogen) atoms. The van der Waals surface area contributed by atoms with Gasteiger partial charge in [0.25, 0.3) is 10.0 Å². The molecule has 1 atom stereocenters. The molecule has 0 bridgehead atoms. The number of benzene rings is 4. The first-order valence-electron chi connectivity index (χ1n) is 14.6. The summed E-state index contributed by atoms with van der Waals surface area (Å²) in [6, 6.07) is 28.4. The fourth-order valence-electron chi connectivity index (χ4n) is 5.00. The van der Waals surface area contributed by atoms with Crippen LogP contribution in [0.4, 0.5) is 5.69 Å². The molecule has 0 aliphatic heterocycles. The van der Waals surface area contributed by atoms with Crippen molar-refractivity contribution in [3.8, 4) is 5.75 Å². The molecule has 4 aromatic carbocycles. The molecule has 0 radical (unpaired) electrons. The van der Waals surface area contributed by atoms with E-state index in [4.69, 9.17) is 16.3 Å². The molecule has 0 saturated carbocycles. The van der Waals surface area contributed by atoms with Gasteiger partial charge >= 0.3 is 0 Å². The molecule has 0 unspecified atom stereocenters. The van der Waals surface area contributed by atoms with Gasteiger partial charge in [-0.25, -0.2) is 8.42 Å². The van der Waals surface area contributed by atoms with Crippen LogP contribution in [0.3, 0.4) is 0 Å². The van der Waals surface area contributed by atoms with Crippen LogP contribution in [0, 0.1) is 6.92 Å². The maximum atomic E-state index is 14.5. The molecule has 10 heteroatoms. The lowest BCUT2D eigenvalue weighted by Crippen LogP contribution is -2.54. The van der Waals surface area contributed by atoms with Crippen molar-refractivity contribution >= 4 is 39.1 Å². The Labute approximate surface area is 270 Å². The fourth-order valence-corrected chi connectivity index (χ4v) is 6.68. The zero-order valence-corrected chi connectivity index (χ0v) is 27.4. The lowest BCUT2D eigenvalue weighted by molar-refractivity contribution is -0.140. The molecular formula is C35H38ClN3O5S. The van der Waals surface area contributed by atoms with Crippen LogP contribution in [0.2, 0.25) is 5.02 Å². The highest BCUT2D eigenvalue weighted by molar-refractivity contribution is 7.92. The summed E-state index contributed by atoms with van der Waals surface area (Å²) in [6.45, 7) is 5.17. The number of hydrogen-bond acceptors (Lipinski definition) is 5. The number of methoxy groups -OCH3 is 1. The lowest BCUT2D eigenvalue weighted by Gasteiger charge is -2.34. The molecule has 0 aliphatic rings. The predicted molar refractivity (Wildman–Crippen MR) is 178 cm³/mol. The smallest absolute Gasteiger partial charge is 0.264 e. The van der Waals surface area contributed by atoms with E-state index >= 15 is 0 Å². The van der Waals surface area contributed by atoms with Crippen molar-refractivity contribution in [2.45, 2.75) is 50.7 Å². The summed E-state index contributed by atoms with van der Waals surface area (Å²) in [6.07, 6.45) is 0.233. The van der Waals surface area contributed by atoms with Gasteiger partial charge in [-0.3, -0.25) is 13.9 Å². The van der Waals surface area contributed by atoms with E-state index in [1.807, 2.05) is 75.4 Å². The minimum absolute atomic E-state index is 0.00774. The van der Waals surface area contributed by atoms with E-state index in [0.717, 1.165) is 21.0 Å². The number of anilines is 1. The van der Waals surface area contributed by atoms with E-state index < -0.39 is 28.5 Å². The Balaban J connectivity index is 1.82. The molecule has 4 rings (SSSR count). The van der Waals surface area contributed by atoms with Crippen LogP contribution in [0.5, 0.6) is 5.75 Å². The molecule has 0 aliphatic carbocycles. The van der Waals surface area contributed by atoms with E-state index in [2.05, 4.69) is 5.32 Å². The summed E-state index contributed by atoms with van der Waals surface area (Å²) in [5.41, 5.74) is 2.84. The van der Waals surface area contributed by atoms with E-state index in [9.17, 15) is 18.0 Å². The van der Waals surface area contributed by atoms with Gasteiger partial charge in [0.05, 0.1) is 22.7 Å². The minimum atomic E-state index is -4.24. The molecule has 0 aromatic heterocycles. The molecule has 0 fully saturated rings. The molecule has 2 amide bonds. The Bertz CT molecular complexity index is 1720. The van der Waals surface area contributed by atoms with Gasteiger partial charge in [-0.15, -0.1) is 0 Å². The quantitative estimate of drug-likeness (QED) is 0.192. The van der Waals surface area contributed by atoms with Gasteiger partial charge in [0.1, 0.15) is 18.3 Å². The van der Waals surface area contributed by atoms with Crippen molar-refractivity contribution < 1.29 is 22.7 Å². The number of nitrogens with one attached hydrogen (secondary N) is 1. The molecule has 0 heterocycles. The van der Waals surface area contributed by atoms with Gasteiger partial charge in [-0.2, -0.15) is 0 Å². The highest BCUT2D eigenvalue weighted by Crippen LogP contribution is 2.32. The van der Waals surface area contributed by atoms with E-state index in [1.54, 1.807) is 24.3 Å². The van der Waals surface area contributed by atoms with E-state index in [0.29, 0.717) is 5.75 Å². The number of amides is 2. The summed E-state index contributed by atoms with van der Waals surface area (Å²) in [4.78, 5) is 29.8. The number of nitrogens with zero attached hydrogens (tertiary/aromatic N) is 2. The number of rotatable bonds is 13. The van der Waals surface area contributed by atoms with Crippen LogP contribution in [-0.4, -0.2) is 50.9 Å². The third kappa shape index (κ3) is 8.65. The SMILES string of the molecule is COc1ccc(N(CC(=O)N(Cc2cccc(C)c2)[C@@H](Cc2ccccc2)C(=O)NC(C)C)S(=O)(=O)c2ccccc2)cc1Cl. The monoisotopic (exact) mass is 647 g/mol. The Hall–Kier alpha value is -4.34. The summed E-state index contributed by atoms with van der Waals surface area (Å²) in [5, 5.41) is 3.15. The van der Waals surface area contributed by atoms with Gasteiger partial charge in [-0.1, -0.05) is 90.0 Å². The first-order valence-corrected chi connectivity index (χ1v) is 16.4. The molecule has 236 valence electrons. The molecule has 8 nitrogen and oxygen atoms in total. The third-order valence-corrected chi connectivity index (χ3v) is 9.25. The average molecular weight is 648 g/mol. The Morgan fingerprint density at radius 2 is 1.51 bits per heavy atom. The van der Waals surface area contributed by atoms with Gasteiger partial charge in [0.2, 0.25) is 11.8 Å². The molecule has 0 saturated heterocycles. The predicted octanol–water partition coefficient (Wildman–Crippen LogP) is 6.02. The molecular weight excluding hydrogens is 610 g/mol. The zero-order valence-electron chi connectivity index (χ0n) is 25.8. The third-order valence-electron chi connectivity index (χ3n) is 7.17. The van der Waals surface area contributed by atoms with Crippen LogP contribution in [-0.2, 0) is 32.6 Å². The van der Waals surface area contributed by atoms with Crippen LogP contribution in [0.15, 0.2) is 108 Å². The van der Waals surface area contributed by atoms with Crippen LogP contribution < -0.4 is 14.4 Å². The van der Waals surface area contributed by atoms with Crippen molar-refractivity contribution in [3.05, 3.63) is 125 Å². The zero-order chi connectivity index (χ0) is 32.6. The van der Waals surface area contributed by atoms with Crippen molar-refractivity contribution in [3.63, 3.8) is 0 Å². The van der Waals surface area contributed by atoms with Crippen LogP contribution >= 0.6 is 11.6 Å². The topological polar surface area (TPSA) is 96.0 Å². The second-order valence-electron chi connectivity index (χ2n) is 11.0. The van der Waals surface area contributed by atoms with Gasteiger partial charge in [0, 0.05) is 19.0 Å². The number of halogens is 1. The molecule has 1 N–H and O–H groups in total. The average Bonchev–Trinajstić information content (AvgIpc) is 3.02. The van der Waals surface area contributed by atoms with Gasteiger partial charge < -0.3 is 15.0 Å². The highest BCUT2D eigenvalue weighted by atomic mass is 35.5. The summed E-state index contributed by atoms with van der Waals surface area (Å²) >= 11 is 6.43. The standard InChI is InChI=1S/C35H38ClN3O5S/c1-25(2)37-35(41)32(21-27-13-7-5-8-14-27)38(23-28-15-11-12-26(3)20-28)34(40)24-39(29-18-19-33(44-4)31(36)22-29)45(42,43)30-16-9-6-10-17-30/h5-20,22,25,32H,21,23-24H2,1-4H3,(H,37,41)/t32-/m0/s1. The van der Waals surface area contributed by atoms with Crippen molar-refractivity contribution in [2.24, 2.45) is 0 Å². The van der Waals surface area contributed by atoms with Crippen molar-refractivity contribution in [1.82, 2.24) is 10.2 Å². The molecule has 4 aromatic rings. The number of carbonyl (C=O) groups excluding carboxylic acids is 2. The summed E-state index contributed by atoms with van der Waals surface area (Å²) in [5.74, 6) is -0.527. The highest BCUT2D eigenvalue weighted by Gasteiger charge is 2.35. The first-order chi connectivity index (χ1) is 21.5. The lowest BCUT2D eigenvalue weighted by atomic mass is 10.0. The minimum Gasteiger partial charge on any atom is -0.495 e. The number of ether oxygens (including phenoxy) is 1. The largest absolute Gasteiger partial charge is 0.495 e. The number of carbonyl (C=O) groups is 2. The number of sulfonamides is 1. The second-order valence-corrected chi connectivity index (χ2v) is 13.3. The second kappa shape index (κ2) is 15.1. The van der Waals surface area contributed by atoms with E-state index in [-0.39, 0.29) is 40.5 Å². The number of hydrogen-bond donors (Lipinski definition) is 1. The maximum absolute atomic E-state index is 14.5. The van der Waals surface area contributed by atoms with Crippen LogP contribution in [0.25, 0.3) is 0 Å². The van der Waals surface area contributed by atoms with Crippen LogP contribution in [0.1, 0.15) is 30.5 Å². The first kappa shape index (κ1) is 33.6. The van der Waals surface area contributed by atoms with Crippen molar-refractivity contribution in [2.75, 3.05) is 18.0 Å².